The van der Waals surface area contributed by atoms with Crippen LogP contribution in [0.15, 0.2) is 48.5 Å². The summed E-state index contributed by atoms with van der Waals surface area (Å²) in [5, 5.41) is 2.59. The van der Waals surface area contributed by atoms with Gasteiger partial charge in [-0.05, 0) is 42.5 Å². The first-order chi connectivity index (χ1) is 13.8. The lowest BCUT2D eigenvalue weighted by Gasteiger charge is -2.29. The number of carbonyl (C=O) groups is 1. The number of alkyl halides is 3. The topological polar surface area (TPSA) is 47.2 Å². The molecule has 1 fully saturated rings. The first-order valence-corrected chi connectivity index (χ1v) is 9.60. The van der Waals surface area contributed by atoms with E-state index in [1.807, 2.05) is 12.1 Å². The van der Waals surface area contributed by atoms with Crippen molar-refractivity contribution < 1.29 is 32.5 Å². The molecule has 29 heavy (non-hydrogen) atoms. The van der Waals surface area contributed by atoms with Crippen LogP contribution in [0.2, 0.25) is 0 Å². The summed E-state index contributed by atoms with van der Waals surface area (Å²) in [5.41, 5.74) is 0.651. The van der Waals surface area contributed by atoms with Crippen molar-refractivity contribution in [1.82, 2.24) is 0 Å². The Morgan fingerprint density at radius 3 is 2.31 bits per heavy atom. The van der Waals surface area contributed by atoms with Crippen LogP contribution < -0.4 is 19.9 Å². The number of amides is 1. The van der Waals surface area contributed by atoms with Gasteiger partial charge in [-0.1, -0.05) is 6.07 Å². The number of hydrogen-bond acceptors (Lipinski definition) is 2. The number of rotatable bonds is 6. The van der Waals surface area contributed by atoms with Crippen molar-refractivity contribution in [3.05, 3.63) is 59.7 Å². The number of nitrogens with one attached hydrogen (secondary N) is 3. The highest BCUT2D eigenvalue weighted by molar-refractivity contribution is 5.91. The average Bonchev–Trinajstić information content (AvgIpc) is 2.69. The molecule has 2 aromatic rings. The molecule has 0 saturated carbocycles. The van der Waals surface area contributed by atoms with Crippen LogP contribution in [0.3, 0.4) is 0 Å². The van der Waals surface area contributed by atoms with Crippen molar-refractivity contribution in [2.45, 2.75) is 12.7 Å². The zero-order chi connectivity index (χ0) is 20.9. The van der Waals surface area contributed by atoms with Gasteiger partial charge in [-0.3, -0.25) is 4.79 Å². The van der Waals surface area contributed by atoms with E-state index in [1.54, 1.807) is 7.11 Å². The molecule has 1 aliphatic heterocycles. The summed E-state index contributed by atoms with van der Waals surface area (Å²) in [4.78, 5) is 14.8. The van der Waals surface area contributed by atoms with Gasteiger partial charge >= 0.3 is 6.18 Å². The largest absolute Gasteiger partial charge is 0.497 e. The van der Waals surface area contributed by atoms with E-state index in [4.69, 9.17) is 4.74 Å². The van der Waals surface area contributed by atoms with Gasteiger partial charge in [0.25, 0.3) is 5.91 Å². The van der Waals surface area contributed by atoms with Gasteiger partial charge in [0.15, 0.2) is 6.54 Å². The van der Waals surface area contributed by atoms with Crippen LogP contribution in [0.1, 0.15) is 11.1 Å². The van der Waals surface area contributed by atoms with E-state index in [1.165, 1.54) is 22.6 Å². The average molecular weight is 409 g/mol. The molecule has 3 N–H and O–H groups in total. The second-order valence-electron chi connectivity index (χ2n) is 7.33. The number of halogens is 3. The van der Waals surface area contributed by atoms with Crippen LogP contribution in [0.5, 0.6) is 5.75 Å². The van der Waals surface area contributed by atoms with Gasteiger partial charge in [0.1, 0.15) is 38.5 Å². The van der Waals surface area contributed by atoms with Gasteiger partial charge in [-0.25, -0.2) is 0 Å². The Kier molecular flexibility index (Phi) is 6.76. The summed E-state index contributed by atoms with van der Waals surface area (Å²) >= 11 is 0. The zero-order valence-electron chi connectivity index (χ0n) is 16.3. The maximum atomic E-state index is 12.8. The van der Waals surface area contributed by atoms with Crippen LogP contribution in [-0.2, 0) is 17.5 Å². The van der Waals surface area contributed by atoms with Crippen LogP contribution in [0.4, 0.5) is 18.9 Å². The Balaban J connectivity index is 1.45. The van der Waals surface area contributed by atoms with E-state index in [9.17, 15) is 18.0 Å². The lowest BCUT2D eigenvalue weighted by atomic mass is 10.2. The standard InChI is InChI=1S/C21H24F3N3O2/c1-29-19-7-5-16(6-8-19)14-26-9-11-27(12-10-26)15-20(28)25-18-4-2-3-17(13-18)21(22,23)24/h2-8,13H,9-12,14-15H2,1H3,(H,25,28)/p+2. The SMILES string of the molecule is COc1ccc(C[NH+]2CC[NH+](CC(=O)Nc3cccc(C(F)(F)F)c3)CC2)cc1. The molecule has 1 heterocycles. The highest BCUT2D eigenvalue weighted by Gasteiger charge is 2.30. The molecular formula is C21H26F3N3O2+2. The molecular weight excluding hydrogens is 383 g/mol. The molecule has 0 bridgehead atoms. The molecule has 0 radical (unpaired) electrons. The predicted octanol–water partition coefficient (Wildman–Crippen LogP) is 0.636. The van der Waals surface area contributed by atoms with E-state index < -0.39 is 11.7 Å². The van der Waals surface area contributed by atoms with Crippen molar-refractivity contribution in [3.63, 3.8) is 0 Å². The van der Waals surface area contributed by atoms with Gasteiger partial charge in [-0.15, -0.1) is 0 Å². The third kappa shape index (κ3) is 6.20. The minimum atomic E-state index is -4.42. The second kappa shape index (κ2) is 9.28. The highest BCUT2D eigenvalue weighted by atomic mass is 19.4. The molecule has 1 amide bonds. The fourth-order valence-electron chi connectivity index (χ4n) is 3.55. The van der Waals surface area contributed by atoms with Crippen molar-refractivity contribution in [2.75, 3.05) is 45.2 Å². The van der Waals surface area contributed by atoms with Crippen LogP contribution in [0.25, 0.3) is 0 Å². The van der Waals surface area contributed by atoms with Crippen LogP contribution >= 0.6 is 0 Å². The molecule has 1 saturated heterocycles. The Morgan fingerprint density at radius 1 is 1.03 bits per heavy atom. The lowest BCUT2D eigenvalue weighted by molar-refractivity contribution is -1.02. The minimum Gasteiger partial charge on any atom is -0.497 e. The molecule has 5 nitrogen and oxygen atoms in total. The number of carbonyl (C=O) groups excluding carboxylic acids is 1. The number of quaternary nitrogens is 2. The number of hydrogen-bond donors (Lipinski definition) is 3. The molecule has 0 spiro atoms. The summed E-state index contributed by atoms with van der Waals surface area (Å²) in [5.74, 6) is 0.572. The van der Waals surface area contributed by atoms with Crippen molar-refractivity contribution in [1.29, 1.82) is 0 Å². The molecule has 156 valence electrons. The van der Waals surface area contributed by atoms with E-state index in [0.717, 1.165) is 55.5 Å². The monoisotopic (exact) mass is 409 g/mol. The molecule has 0 atom stereocenters. The third-order valence-corrected chi connectivity index (χ3v) is 5.16. The van der Waals surface area contributed by atoms with E-state index in [-0.39, 0.29) is 18.1 Å². The summed E-state index contributed by atoms with van der Waals surface area (Å²) in [6.07, 6.45) is -4.42. The second-order valence-corrected chi connectivity index (χ2v) is 7.33. The number of anilines is 1. The summed E-state index contributed by atoms with van der Waals surface area (Å²) in [6, 6.07) is 12.8. The van der Waals surface area contributed by atoms with Crippen LogP contribution in [0, 0.1) is 0 Å². The maximum Gasteiger partial charge on any atom is 0.416 e. The third-order valence-electron chi connectivity index (χ3n) is 5.16. The maximum absolute atomic E-state index is 12.8. The number of benzene rings is 2. The van der Waals surface area contributed by atoms with Gasteiger partial charge in [0.05, 0.1) is 12.7 Å². The molecule has 0 unspecified atom stereocenters. The predicted molar refractivity (Wildman–Crippen MR) is 103 cm³/mol. The smallest absolute Gasteiger partial charge is 0.416 e. The minimum absolute atomic E-state index is 0.174. The van der Waals surface area contributed by atoms with Crippen LogP contribution in [-0.4, -0.2) is 45.7 Å². The Bertz CT molecular complexity index is 817. The van der Waals surface area contributed by atoms with Gasteiger partial charge in [0.2, 0.25) is 0 Å². The van der Waals surface area contributed by atoms with E-state index in [2.05, 4.69) is 17.4 Å². The zero-order valence-corrected chi connectivity index (χ0v) is 16.3. The van der Waals surface area contributed by atoms with Crippen molar-refractivity contribution in [3.8, 4) is 5.75 Å². The van der Waals surface area contributed by atoms with Gasteiger partial charge in [-0.2, -0.15) is 13.2 Å². The molecule has 0 aliphatic carbocycles. The Hall–Kier alpha value is -2.58. The fraction of sp³-hybridized carbons (Fsp3) is 0.381. The van der Waals surface area contributed by atoms with Crippen molar-refractivity contribution in [2.24, 2.45) is 0 Å². The molecule has 1 aliphatic rings. The number of methoxy groups -OCH3 is 1. The lowest BCUT2D eigenvalue weighted by Crippen LogP contribution is -3.28. The van der Waals surface area contributed by atoms with E-state index >= 15 is 0 Å². The van der Waals surface area contributed by atoms with Crippen molar-refractivity contribution >= 4 is 11.6 Å². The molecule has 2 aromatic carbocycles. The normalized spacial score (nSPS) is 19.6. The number of ether oxygens (including phenoxy) is 1. The first kappa shape index (κ1) is 21.1. The molecule has 3 rings (SSSR count). The summed E-state index contributed by atoms with van der Waals surface area (Å²) < 4.78 is 43.5. The molecule has 0 aromatic heterocycles. The number of piperazine rings is 1. The van der Waals surface area contributed by atoms with Gasteiger partial charge < -0.3 is 19.9 Å². The highest BCUT2D eigenvalue weighted by Crippen LogP contribution is 2.30. The van der Waals surface area contributed by atoms with Gasteiger partial charge in [0, 0.05) is 11.3 Å². The Labute approximate surface area is 168 Å². The molecule has 8 heteroatoms. The first-order valence-electron chi connectivity index (χ1n) is 9.60. The fourth-order valence-corrected chi connectivity index (χ4v) is 3.55. The van der Waals surface area contributed by atoms with E-state index in [0.29, 0.717) is 0 Å². The Morgan fingerprint density at radius 2 is 1.69 bits per heavy atom. The summed E-state index contributed by atoms with van der Waals surface area (Å²) in [7, 11) is 1.64. The summed E-state index contributed by atoms with van der Waals surface area (Å²) in [6.45, 7) is 4.76. The quantitative estimate of drug-likeness (QED) is 0.656.